The number of ether oxygens (including phenoxy) is 1. The summed E-state index contributed by atoms with van der Waals surface area (Å²) in [5, 5.41) is 1.70. The Hall–Kier alpha value is -3.27. The Bertz CT molecular complexity index is 1300. The van der Waals surface area contributed by atoms with Crippen LogP contribution in [0.3, 0.4) is 0 Å². The number of anilines is 1. The molecule has 0 radical (unpaired) electrons. The molecule has 10 heteroatoms. The third kappa shape index (κ3) is 4.47. The third-order valence-corrected chi connectivity index (χ3v) is 7.39. The molecule has 174 valence electrons. The molecule has 3 aromatic carbocycles. The second kappa shape index (κ2) is 8.58. The summed E-state index contributed by atoms with van der Waals surface area (Å²) in [7, 11) is -2.43. The minimum absolute atomic E-state index is 0.0439. The summed E-state index contributed by atoms with van der Waals surface area (Å²) in [5.41, 5.74) is 0.443. The van der Waals surface area contributed by atoms with Crippen LogP contribution < -0.4 is 9.64 Å². The second-order valence-electron chi connectivity index (χ2n) is 7.62. The van der Waals surface area contributed by atoms with Crippen LogP contribution in [0.2, 0.25) is 0 Å². The molecule has 0 atom stereocenters. The van der Waals surface area contributed by atoms with Crippen LogP contribution in [-0.2, 0) is 14.6 Å². The fraction of sp³-hybridized carbons (Fsp3) is 0.261. The molecule has 1 heterocycles. The van der Waals surface area contributed by atoms with Crippen LogP contribution in [0, 0.1) is 0 Å². The maximum atomic E-state index is 13.3. The van der Waals surface area contributed by atoms with Crippen molar-refractivity contribution in [3.63, 3.8) is 0 Å². The van der Waals surface area contributed by atoms with Crippen molar-refractivity contribution in [1.82, 2.24) is 4.90 Å². The summed E-state index contributed by atoms with van der Waals surface area (Å²) >= 11 is 0. The number of hydrogen-bond donors (Lipinski definition) is 0. The van der Waals surface area contributed by atoms with Gasteiger partial charge in [-0.3, -0.25) is 4.79 Å². The number of sulfone groups is 1. The highest BCUT2D eigenvalue weighted by molar-refractivity contribution is 7.91. The highest BCUT2D eigenvalue weighted by Crippen LogP contribution is 2.34. The number of carbonyl (C=O) groups is 1. The van der Waals surface area contributed by atoms with Crippen molar-refractivity contribution in [3.8, 4) is 5.75 Å². The summed E-state index contributed by atoms with van der Waals surface area (Å²) in [5.74, 6) is -1.48. The van der Waals surface area contributed by atoms with Crippen molar-refractivity contribution in [3.05, 3.63) is 60.7 Å². The Morgan fingerprint density at radius 3 is 2.12 bits per heavy atom. The molecule has 33 heavy (non-hydrogen) atoms. The van der Waals surface area contributed by atoms with Gasteiger partial charge in [-0.25, -0.2) is 8.42 Å². The summed E-state index contributed by atoms with van der Waals surface area (Å²) in [4.78, 5) is 14.2. The molecule has 1 fully saturated rings. The van der Waals surface area contributed by atoms with Gasteiger partial charge in [0.2, 0.25) is 9.84 Å². The van der Waals surface area contributed by atoms with E-state index in [1.165, 1.54) is 25.3 Å². The lowest BCUT2D eigenvalue weighted by atomic mass is 10.1. The van der Waals surface area contributed by atoms with Gasteiger partial charge in [0.25, 0.3) is 0 Å². The molecule has 0 unspecified atom stereocenters. The predicted molar refractivity (Wildman–Crippen MR) is 117 cm³/mol. The number of piperazine rings is 1. The van der Waals surface area contributed by atoms with Gasteiger partial charge in [-0.15, -0.1) is 0 Å². The molecule has 1 aliphatic rings. The van der Waals surface area contributed by atoms with Crippen LogP contribution in [-0.4, -0.2) is 58.7 Å². The van der Waals surface area contributed by atoms with Gasteiger partial charge in [0.15, 0.2) is 0 Å². The molecule has 1 amide bonds. The quantitative estimate of drug-likeness (QED) is 0.569. The fourth-order valence-electron chi connectivity index (χ4n) is 3.88. The number of fused-ring (bicyclic) bond motifs is 1. The SMILES string of the molecule is COc1ccc(S(=O)(=O)c2ccc3ccccc3c2)cc1N1CCN(C(=O)C(F)(F)F)CC1. The van der Waals surface area contributed by atoms with Crippen molar-refractivity contribution in [2.75, 3.05) is 38.2 Å². The summed E-state index contributed by atoms with van der Waals surface area (Å²) in [6.07, 6.45) is -4.92. The Kier molecular flexibility index (Phi) is 5.96. The largest absolute Gasteiger partial charge is 0.495 e. The van der Waals surface area contributed by atoms with E-state index in [2.05, 4.69) is 0 Å². The number of alkyl halides is 3. The van der Waals surface area contributed by atoms with Crippen LogP contribution in [0.1, 0.15) is 0 Å². The zero-order chi connectivity index (χ0) is 23.8. The van der Waals surface area contributed by atoms with E-state index >= 15 is 0 Å². The van der Waals surface area contributed by atoms with Crippen molar-refractivity contribution >= 4 is 32.2 Å². The van der Waals surface area contributed by atoms with Crippen LogP contribution in [0.5, 0.6) is 5.75 Å². The minimum atomic E-state index is -4.92. The molecule has 6 nitrogen and oxygen atoms in total. The Labute approximate surface area is 189 Å². The van der Waals surface area contributed by atoms with Crippen molar-refractivity contribution in [2.24, 2.45) is 0 Å². The normalized spacial score (nSPS) is 15.0. The lowest BCUT2D eigenvalue weighted by Gasteiger charge is -2.36. The van der Waals surface area contributed by atoms with Crippen molar-refractivity contribution in [1.29, 1.82) is 0 Å². The molecular weight excluding hydrogens is 457 g/mol. The van der Waals surface area contributed by atoms with E-state index in [0.717, 1.165) is 15.7 Å². The Morgan fingerprint density at radius 1 is 0.879 bits per heavy atom. The minimum Gasteiger partial charge on any atom is -0.495 e. The number of halogens is 3. The Morgan fingerprint density at radius 2 is 1.48 bits per heavy atom. The highest BCUT2D eigenvalue weighted by Gasteiger charge is 2.43. The van der Waals surface area contributed by atoms with E-state index in [1.807, 2.05) is 24.3 Å². The highest BCUT2D eigenvalue weighted by atomic mass is 32.2. The lowest BCUT2D eigenvalue weighted by Crippen LogP contribution is -2.52. The fourth-order valence-corrected chi connectivity index (χ4v) is 5.20. The van der Waals surface area contributed by atoms with E-state index in [-0.39, 0.29) is 36.0 Å². The third-order valence-electron chi connectivity index (χ3n) is 5.64. The molecule has 1 aliphatic heterocycles. The number of nitrogens with zero attached hydrogens (tertiary/aromatic N) is 2. The van der Waals surface area contributed by atoms with Gasteiger partial charge in [-0.05, 0) is 41.1 Å². The van der Waals surface area contributed by atoms with E-state index in [9.17, 15) is 26.4 Å². The molecule has 0 N–H and O–H groups in total. The molecule has 1 saturated heterocycles. The van der Waals surface area contributed by atoms with E-state index < -0.39 is 21.9 Å². The molecule has 0 aromatic heterocycles. The smallest absolute Gasteiger partial charge is 0.471 e. The number of methoxy groups -OCH3 is 1. The van der Waals surface area contributed by atoms with Crippen molar-refractivity contribution in [2.45, 2.75) is 16.0 Å². The standard InChI is InChI=1S/C23H21F3N2O4S/c1-32-21-9-8-19(33(30,31)18-7-6-16-4-2-3-5-17(16)14-18)15-20(21)27-10-12-28(13-11-27)22(29)23(24,25)26/h2-9,14-15H,10-13H2,1H3. The number of benzene rings is 3. The molecule has 3 aromatic rings. The van der Waals surface area contributed by atoms with Crippen LogP contribution in [0.15, 0.2) is 70.5 Å². The summed E-state index contributed by atoms with van der Waals surface area (Å²) in [6.45, 7) is -0.0540. The first-order chi connectivity index (χ1) is 15.6. The van der Waals surface area contributed by atoms with Gasteiger partial charge >= 0.3 is 12.1 Å². The summed E-state index contributed by atoms with van der Waals surface area (Å²) in [6, 6.07) is 16.7. The number of amides is 1. The van der Waals surface area contributed by atoms with Gasteiger partial charge in [-0.1, -0.05) is 30.3 Å². The Balaban J connectivity index is 1.63. The van der Waals surface area contributed by atoms with Crippen molar-refractivity contribution < 1.29 is 31.1 Å². The van der Waals surface area contributed by atoms with E-state index in [0.29, 0.717) is 11.4 Å². The average molecular weight is 478 g/mol. The molecule has 4 rings (SSSR count). The zero-order valence-electron chi connectivity index (χ0n) is 17.7. The van der Waals surface area contributed by atoms with Crippen LogP contribution in [0.4, 0.5) is 18.9 Å². The first-order valence-corrected chi connectivity index (χ1v) is 11.6. The molecule has 0 spiro atoms. The van der Waals surface area contributed by atoms with Crippen LogP contribution in [0.25, 0.3) is 10.8 Å². The maximum absolute atomic E-state index is 13.3. The first kappa shape index (κ1) is 22.9. The number of rotatable bonds is 4. The van der Waals surface area contributed by atoms with Gasteiger partial charge in [0, 0.05) is 26.2 Å². The van der Waals surface area contributed by atoms with Crippen LogP contribution >= 0.6 is 0 Å². The number of hydrogen-bond acceptors (Lipinski definition) is 5. The van der Waals surface area contributed by atoms with Gasteiger partial charge in [-0.2, -0.15) is 13.2 Å². The lowest BCUT2D eigenvalue weighted by molar-refractivity contribution is -0.185. The van der Waals surface area contributed by atoms with Gasteiger partial charge in [0.05, 0.1) is 22.6 Å². The summed E-state index contributed by atoms with van der Waals surface area (Å²) < 4.78 is 70.2. The second-order valence-corrected chi connectivity index (χ2v) is 9.57. The topological polar surface area (TPSA) is 66.9 Å². The van der Waals surface area contributed by atoms with Gasteiger partial charge < -0.3 is 14.5 Å². The first-order valence-electron chi connectivity index (χ1n) is 10.1. The predicted octanol–water partition coefficient (Wildman–Crippen LogP) is 3.89. The monoisotopic (exact) mass is 478 g/mol. The molecule has 0 bridgehead atoms. The molecule has 0 aliphatic carbocycles. The molecule has 0 saturated carbocycles. The van der Waals surface area contributed by atoms with E-state index in [4.69, 9.17) is 4.74 Å². The van der Waals surface area contributed by atoms with Gasteiger partial charge in [0.1, 0.15) is 5.75 Å². The average Bonchev–Trinajstić information content (AvgIpc) is 2.82. The number of carbonyl (C=O) groups excluding carboxylic acids is 1. The molecular formula is C23H21F3N2O4S. The zero-order valence-corrected chi connectivity index (χ0v) is 18.5. The maximum Gasteiger partial charge on any atom is 0.471 e. The van der Waals surface area contributed by atoms with E-state index in [1.54, 1.807) is 23.1 Å².